The molecule has 1 unspecified atom stereocenters. The molecule has 2 rings (SSSR count). The summed E-state index contributed by atoms with van der Waals surface area (Å²) in [5.74, 6) is -0.303. The summed E-state index contributed by atoms with van der Waals surface area (Å²) < 4.78 is 48.3. The summed E-state index contributed by atoms with van der Waals surface area (Å²) in [5.41, 5.74) is -2.41. The van der Waals surface area contributed by atoms with Gasteiger partial charge in [0.05, 0.1) is 23.1 Å². The van der Waals surface area contributed by atoms with E-state index in [0.717, 1.165) is 12.1 Å². The molecule has 8 heteroatoms. The zero-order chi connectivity index (χ0) is 14.9. The number of alkyl halides is 4. The molecule has 0 saturated carbocycles. The first-order valence-electron chi connectivity index (χ1n) is 5.48. The number of methoxy groups -OCH3 is 1. The Morgan fingerprint density at radius 2 is 2.15 bits per heavy atom. The molecule has 0 aliphatic carbocycles. The molecule has 108 valence electrons. The highest BCUT2D eigenvalue weighted by atomic mass is 35.5. The van der Waals surface area contributed by atoms with Crippen LogP contribution in [-0.2, 0) is 10.9 Å². The summed E-state index contributed by atoms with van der Waals surface area (Å²) >= 11 is 5.84. The molecule has 0 saturated heterocycles. The van der Waals surface area contributed by atoms with E-state index < -0.39 is 28.3 Å². The molecular formula is C12H9ClF3NO3. The number of para-hydroxylation sites is 1. The Kier molecular flexibility index (Phi) is 4.01. The van der Waals surface area contributed by atoms with Gasteiger partial charge in [0.15, 0.2) is 0 Å². The van der Waals surface area contributed by atoms with Crippen LogP contribution in [0.3, 0.4) is 0 Å². The zero-order valence-corrected chi connectivity index (χ0v) is 11.0. The highest BCUT2D eigenvalue weighted by Gasteiger charge is 2.34. The molecule has 0 aliphatic heterocycles. The van der Waals surface area contributed by atoms with Gasteiger partial charge in [-0.05, 0) is 12.1 Å². The number of aromatic nitrogens is 1. The summed E-state index contributed by atoms with van der Waals surface area (Å²) in [6, 6.07) is 3.18. The predicted octanol–water partition coefficient (Wildman–Crippen LogP) is 3.13. The lowest BCUT2D eigenvalue weighted by atomic mass is 10.1. The van der Waals surface area contributed by atoms with Crippen molar-refractivity contribution < 1.29 is 22.3 Å². The van der Waals surface area contributed by atoms with Gasteiger partial charge in [0.2, 0.25) is 5.89 Å². The molecule has 0 fully saturated rings. The molecule has 0 bridgehead atoms. The average molecular weight is 308 g/mol. The Balaban J connectivity index is 2.71. The van der Waals surface area contributed by atoms with Crippen molar-refractivity contribution in [2.45, 2.75) is 11.6 Å². The van der Waals surface area contributed by atoms with E-state index in [4.69, 9.17) is 20.8 Å². The van der Waals surface area contributed by atoms with Gasteiger partial charge in [-0.1, -0.05) is 6.07 Å². The smallest absolute Gasteiger partial charge is 0.406 e. The largest absolute Gasteiger partial charge is 0.418 e. The molecule has 0 aliphatic rings. The lowest BCUT2D eigenvalue weighted by Crippen LogP contribution is -2.13. The van der Waals surface area contributed by atoms with E-state index in [2.05, 4.69) is 4.98 Å². The van der Waals surface area contributed by atoms with E-state index in [-0.39, 0.29) is 17.9 Å². The SMILES string of the molecule is COCC(Cl)c1nc2c(C(F)(F)F)cccc2c(=O)o1. The summed E-state index contributed by atoms with van der Waals surface area (Å²) in [5, 5.41) is -1.19. The van der Waals surface area contributed by atoms with E-state index in [0.29, 0.717) is 0 Å². The summed E-state index contributed by atoms with van der Waals surface area (Å²) in [7, 11) is 1.36. The predicted molar refractivity (Wildman–Crippen MR) is 65.8 cm³/mol. The molecule has 20 heavy (non-hydrogen) atoms. The summed E-state index contributed by atoms with van der Waals surface area (Å²) in [6.07, 6.45) is -4.62. The number of hydrogen-bond acceptors (Lipinski definition) is 4. The number of nitrogens with zero attached hydrogens (tertiary/aromatic N) is 1. The maximum absolute atomic E-state index is 12.9. The number of rotatable bonds is 3. The Labute approximate surface area is 116 Å². The molecule has 0 amide bonds. The molecule has 1 aromatic carbocycles. The molecular weight excluding hydrogens is 299 g/mol. The van der Waals surface area contributed by atoms with Crippen molar-refractivity contribution in [2.75, 3.05) is 13.7 Å². The lowest BCUT2D eigenvalue weighted by molar-refractivity contribution is -0.136. The molecule has 1 atom stereocenters. The summed E-state index contributed by atoms with van der Waals surface area (Å²) in [6.45, 7) is -0.0445. The first kappa shape index (κ1) is 14.8. The average Bonchev–Trinajstić information content (AvgIpc) is 2.37. The number of hydrogen-bond donors (Lipinski definition) is 0. The maximum atomic E-state index is 12.9. The first-order valence-corrected chi connectivity index (χ1v) is 5.92. The third-order valence-corrected chi connectivity index (χ3v) is 2.87. The van der Waals surface area contributed by atoms with Crippen molar-refractivity contribution in [1.29, 1.82) is 0 Å². The van der Waals surface area contributed by atoms with Gasteiger partial charge in [-0.15, -0.1) is 11.6 Å². The highest BCUT2D eigenvalue weighted by molar-refractivity contribution is 6.20. The summed E-state index contributed by atoms with van der Waals surface area (Å²) in [4.78, 5) is 15.4. The van der Waals surface area contributed by atoms with E-state index in [9.17, 15) is 18.0 Å². The third-order valence-electron chi connectivity index (χ3n) is 2.56. The quantitative estimate of drug-likeness (QED) is 0.818. The normalized spacial score (nSPS) is 13.7. The molecule has 0 N–H and O–H groups in total. The van der Waals surface area contributed by atoms with Crippen molar-refractivity contribution in [3.63, 3.8) is 0 Å². The van der Waals surface area contributed by atoms with Gasteiger partial charge in [-0.3, -0.25) is 0 Å². The lowest BCUT2D eigenvalue weighted by Gasteiger charge is -2.11. The monoisotopic (exact) mass is 307 g/mol. The van der Waals surface area contributed by atoms with Crippen LogP contribution in [0.5, 0.6) is 0 Å². The van der Waals surface area contributed by atoms with Crippen molar-refractivity contribution in [1.82, 2.24) is 4.98 Å². The molecule has 0 spiro atoms. The van der Waals surface area contributed by atoms with E-state index in [1.165, 1.54) is 13.2 Å². The van der Waals surface area contributed by atoms with Crippen LogP contribution in [0.25, 0.3) is 10.9 Å². The standard InChI is InChI=1S/C12H9ClF3NO3/c1-19-5-8(13)10-17-9-6(11(18)20-10)3-2-4-7(9)12(14,15)16/h2-4,8H,5H2,1H3. The fourth-order valence-electron chi connectivity index (χ4n) is 1.69. The molecule has 0 radical (unpaired) electrons. The topological polar surface area (TPSA) is 52.3 Å². The van der Waals surface area contributed by atoms with Gasteiger partial charge in [0.1, 0.15) is 5.38 Å². The van der Waals surface area contributed by atoms with Crippen molar-refractivity contribution in [3.8, 4) is 0 Å². The molecule has 1 heterocycles. The van der Waals surface area contributed by atoms with Crippen LogP contribution in [0.2, 0.25) is 0 Å². The fraction of sp³-hybridized carbons (Fsp3) is 0.333. The number of benzene rings is 1. The fourth-order valence-corrected chi connectivity index (χ4v) is 1.91. The van der Waals surface area contributed by atoms with Crippen LogP contribution in [0, 0.1) is 0 Å². The third kappa shape index (κ3) is 2.78. The van der Waals surface area contributed by atoms with Gasteiger partial charge in [0.25, 0.3) is 0 Å². The Bertz CT molecular complexity index is 684. The van der Waals surface area contributed by atoms with E-state index >= 15 is 0 Å². The Morgan fingerprint density at radius 3 is 2.75 bits per heavy atom. The Hall–Kier alpha value is -1.60. The van der Waals surface area contributed by atoms with E-state index in [1.54, 1.807) is 0 Å². The van der Waals surface area contributed by atoms with Crippen LogP contribution in [-0.4, -0.2) is 18.7 Å². The van der Waals surface area contributed by atoms with E-state index in [1.807, 2.05) is 0 Å². The van der Waals surface area contributed by atoms with Crippen LogP contribution >= 0.6 is 11.6 Å². The van der Waals surface area contributed by atoms with Crippen molar-refractivity contribution in [3.05, 3.63) is 40.1 Å². The highest BCUT2D eigenvalue weighted by Crippen LogP contribution is 2.33. The second-order valence-electron chi connectivity index (χ2n) is 3.96. The van der Waals surface area contributed by atoms with Crippen LogP contribution < -0.4 is 5.63 Å². The minimum Gasteiger partial charge on any atom is -0.406 e. The van der Waals surface area contributed by atoms with Gasteiger partial charge >= 0.3 is 11.8 Å². The number of ether oxygens (including phenoxy) is 1. The first-order chi connectivity index (χ1) is 9.34. The van der Waals surface area contributed by atoms with Gasteiger partial charge in [-0.2, -0.15) is 13.2 Å². The minimum atomic E-state index is -4.62. The molecule has 1 aromatic heterocycles. The van der Waals surface area contributed by atoms with Gasteiger partial charge in [0, 0.05) is 7.11 Å². The van der Waals surface area contributed by atoms with Crippen molar-refractivity contribution >= 4 is 22.5 Å². The van der Waals surface area contributed by atoms with Gasteiger partial charge in [-0.25, -0.2) is 9.78 Å². The number of halogens is 4. The van der Waals surface area contributed by atoms with Crippen LogP contribution in [0.1, 0.15) is 16.8 Å². The van der Waals surface area contributed by atoms with Crippen molar-refractivity contribution in [2.24, 2.45) is 0 Å². The van der Waals surface area contributed by atoms with Crippen LogP contribution in [0.4, 0.5) is 13.2 Å². The minimum absolute atomic E-state index is 0.0445. The Morgan fingerprint density at radius 1 is 1.45 bits per heavy atom. The van der Waals surface area contributed by atoms with Crippen LogP contribution in [0.15, 0.2) is 27.4 Å². The molecule has 4 nitrogen and oxygen atoms in total. The second kappa shape index (κ2) is 5.41. The maximum Gasteiger partial charge on any atom is 0.418 e. The molecule has 2 aromatic rings. The second-order valence-corrected chi connectivity index (χ2v) is 4.49. The zero-order valence-electron chi connectivity index (χ0n) is 10.2. The van der Waals surface area contributed by atoms with Gasteiger partial charge < -0.3 is 9.15 Å². The number of fused-ring (bicyclic) bond motifs is 1.